The molecule has 1 aromatic carbocycles. The van der Waals surface area contributed by atoms with E-state index < -0.39 is 23.3 Å². The lowest BCUT2D eigenvalue weighted by atomic mass is 10.0. The third-order valence-electron chi connectivity index (χ3n) is 5.87. The minimum Gasteiger partial charge on any atom is -0.389 e. The number of aryl methyl sites for hydroxylation is 1. The Morgan fingerprint density at radius 3 is 2.24 bits per heavy atom. The summed E-state index contributed by atoms with van der Waals surface area (Å²) >= 11 is 0. The Bertz CT molecular complexity index is 1110. The number of alkyl halides is 2. The maximum Gasteiger partial charge on any atom is 0.273 e. The average molecular weight is 535 g/mol. The topological polar surface area (TPSA) is 49.8 Å². The number of aromatic nitrogens is 2. The van der Waals surface area contributed by atoms with E-state index in [-0.39, 0.29) is 5.56 Å². The molecular formula is C31H49F3N4. The fourth-order valence-electron chi connectivity index (χ4n) is 3.73. The van der Waals surface area contributed by atoms with Crippen LogP contribution in [0.1, 0.15) is 104 Å². The van der Waals surface area contributed by atoms with Gasteiger partial charge in [0.1, 0.15) is 5.82 Å². The Hall–Kier alpha value is -2.83. The van der Waals surface area contributed by atoms with E-state index in [1.165, 1.54) is 37.8 Å². The maximum atomic E-state index is 14.7. The highest BCUT2D eigenvalue weighted by Gasteiger charge is 2.30. The van der Waals surface area contributed by atoms with Crippen molar-refractivity contribution in [3.05, 3.63) is 63.6 Å². The summed E-state index contributed by atoms with van der Waals surface area (Å²) in [5.41, 5.74) is 0.882. The van der Waals surface area contributed by atoms with Crippen LogP contribution in [-0.4, -0.2) is 17.2 Å². The van der Waals surface area contributed by atoms with Gasteiger partial charge in [-0.15, -0.1) is 5.10 Å². The Kier molecular flexibility index (Phi) is 16.3. The Morgan fingerprint density at radius 1 is 1.11 bits per heavy atom. The molecule has 0 bridgehead atoms. The number of nitrogens with zero attached hydrogens (tertiary/aromatic N) is 2. The van der Waals surface area contributed by atoms with Gasteiger partial charge in [-0.05, 0) is 32.8 Å². The third-order valence-corrected chi connectivity index (χ3v) is 5.87. The van der Waals surface area contributed by atoms with Gasteiger partial charge in [-0.25, -0.2) is 13.2 Å². The Balaban J connectivity index is 0.00000117. The first kappa shape index (κ1) is 35.2. The number of hydrogen-bond donors (Lipinski definition) is 2. The van der Waals surface area contributed by atoms with Gasteiger partial charge in [0.05, 0.1) is 17.3 Å². The monoisotopic (exact) mass is 534 g/mol. The summed E-state index contributed by atoms with van der Waals surface area (Å²) in [5.74, 6) is -2.88. The van der Waals surface area contributed by atoms with Gasteiger partial charge < -0.3 is 10.6 Å². The van der Waals surface area contributed by atoms with Crippen molar-refractivity contribution in [3.63, 3.8) is 0 Å². The molecule has 0 amide bonds. The van der Waals surface area contributed by atoms with Crippen molar-refractivity contribution in [2.24, 2.45) is 5.92 Å². The van der Waals surface area contributed by atoms with Crippen LogP contribution in [0, 0.1) is 18.7 Å². The van der Waals surface area contributed by atoms with Crippen LogP contribution in [0.3, 0.4) is 0 Å². The van der Waals surface area contributed by atoms with Crippen molar-refractivity contribution in [2.45, 2.75) is 100.0 Å². The van der Waals surface area contributed by atoms with Crippen LogP contribution in [0.5, 0.6) is 0 Å². The molecule has 1 heterocycles. The number of hydrogen-bond acceptors (Lipinski definition) is 4. The van der Waals surface area contributed by atoms with Crippen LogP contribution in [0.4, 0.5) is 19.0 Å². The molecule has 7 heteroatoms. The molecule has 0 aliphatic carbocycles. The lowest BCUT2D eigenvalue weighted by molar-refractivity contribution is 0.0136. The van der Waals surface area contributed by atoms with Crippen molar-refractivity contribution >= 4 is 18.0 Å². The van der Waals surface area contributed by atoms with E-state index in [2.05, 4.69) is 48.2 Å². The fourth-order valence-corrected chi connectivity index (χ4v) is 3.73. The Labute approximate surface area is 228 Å². The SMILES string of the molecule is C=C(/C=c1/c(N[C@H](C)c2cccc(C(C)(F)F)c2F)nnc(C)/c1=C/C)NC.CC.CCCCCC(C)C. The van der Waals surface area contributed by atoms with Crippen LogP contribution in [0.25, 0.3) is 12.2 Å². The number of benzene rings is 1. The predicted molar refractivity (Wildman–Crippen MR) is 157 cm³/mol. The first-order chi connectivity index (χ1) is 17.9. The van der Waals surface area contributed by atoms with Crippen LogP contribution >= 0.6 is 0 Å². The molecule has 0 radical (unpaired) electrons. The molecule has 1 aromatic heterocycles. The van der Waals surface area contributed by atoms with Crippen molar-refractivity contribution in [1.82, 2.24) is 15.5 Å². The standard InChI is InChI=1S/C21H25F3N4.C8H18.C2H6/c1-7-15-14(4)27-28-20(17(15)11-12(2)25-6)26-13(3)16-9-8-10-18(19(16)22)21(5,23)24;1-4-5-6-7-8(2)3;1-2/h7-11,13,25H,2H2,1,3-6H3,(H,26,28);8H,4-7H2,1-3H3;1-2H3/b15-7-,17-11+;;/t13-;;/m1../s1. The summed E-state index contributed by atoms with van der Waals surface area (Å²) in [4.78, 5) is 0. The number of anilines is 1. The van der Waals surface area contributed by atoms with Crippen LogP contribution < -0.4 is 21.1 Å². The number of allylic oxidation sites excluding steroid dienone is 1. The second kappa shape index (κ2) is 17.6. The quantitative estimate of drug-likeness (QED) is 0.306. The lowest BCUT2D eigenvalue weighted by Crippen LogP contribution is -2.34. The van der Waals surface area contributed by atoms with Gasteiger partial charge >= 0.3 is 0 Å². The molecule has 0 saturated carbocycles. The highest BCUT2D eigenvalue weighted by atomic mass is 19.3. The molecule has 2 N–H and O–H groups in total. The van der Waals surface area contributed by atoms with Gasteiger partial charge in [0, 0.05) is 35.7 Å². The normalized spacial score (nSPS) is 12.8. The summed E-state index contributed by atoms with van der Waals surface area (Å²) in [6.07, 6.45) is 9.30. The molecule has 2 aromatic rings. The molecule has 4 nitrogen and oxygen atoms in total. The van der Waals surface area contributed by atoms with E-state index >= 15 is 0 Å². The molecule has 1 atom stereocenters. The zero-order valence-electron chi connectivity index (χ0n) is 25.1. The first-order valence-corrected chi connectivity index (χ1v) is 13.7. The molecule has 0 aliphatic heterocycles. The van der Waals surface area contributed by atoms with E-state index in [4.69, 9.17) is 0 Å². The van der Waals surface area contributed by atoms with Gasteiger partial charge in [0.2, 0.25) is 0 Å². The third kappa shape index (κ3) is 11.3. The minimum atomic E-state index is -3.27. The molecule has 2 rings (SSSR count). The van der Waals surface area contributed by atoms with Gasteiger partial charge in [-0.2, -0.15) is 5.10 Å². The van der Waals surface area contributed by atoms with Crippen LogP contribution in [0.15, 0.2) is 30.5 Å². The maximum absolute atomic E-state index is 14.7. The lowest BCUT2D eigenvalue weighted by Gasteiger charge is -2.19. The highest BCUT2D eigenvalue weighted by Crippen LogP contribution is 2.32. The van der Waals surface area contributed by atoms with E-state index in [1.807, 2.05) is 33.8 Å². The predicted octanol–water partition coefficient (Wildman–Crippen LogP) is 7.77. The summed E-state index contributed by atoms with van der Waals surface area (Å²) < 4.78 is 42.0. The summed E-state index contributed by atoms with van der Waals surface area (Å²) in [6.45, 7) is 20.8. The van der Waals surface area contributed by atoms with Crippen LogP contribution in [0.2, 0.25) is 0 Å². The largest absolute Gasteiger partial charge is 0.389 e. The molecule has 0 unspecified atom stereocenters. The van der Waals surface area contributed by atoms with Crippen molar-refractivity contribution < 1.29 is 13.2 Å². The Morgan fingerprint density at radius 2 is 1.74 bits per heavy atom. The molecule has 0 aliphatic rings. The number of unbranched alkanes of at least 4 members (excludes halogenated alkanes) is 2. The van der Waals surface area contributed by atoms with Crippen molar-refractivity contribution in [1.29, 1.82) is 0 Å². The second-order valence-electron chi connectivity index (χ2n) is 9.52. The summed E-state index contributed by atoms with van der Waals surface area (Å²) in [6, 6.07) is 3.38. The molecule has 214 valence electrons. The second-order valence-corrected chi connectivity index (χ2v) is 9.52. The van der Waals surface area contributed by atoms with Crippen molar-refractivity contribution in [3.8, 4) is 0 Å². The van der Waals surface area contributed by atoms with E-state index in [1.54, 1.807) is 20.0 Å². The molecule has 38 heavy (non-hydrogen) atoms. The van der Waals surface area contributed by atoms with E-state index in [0.717, 1.165) is 28.1 Å². The van der Waals surface area contributed by atoms with E-state index in [9.17, 15) is 13.2 Å². The van der Waals surface area contributed by atoms with Gasteiger partial charge in [-0.3, -0.25) is 0 Å². The summed E-state index contributed by atoms with van der Waals surface area (Å²) in [5, 5.41) is 16.0. The minimum absolute atomic E-state index is 0.127. The number of nitrogens with one attached hydrogen (secondary N) is 2. The van der Waals surface area contributed by atoms with Gasteiger partial charge in [0.15, 0.2) is 5.82 Å². The zero-order valence-corrected chi connectivity index (χ0v) is 25.1. The molecule has 0 saturated heterocycles. The number of rotatable bonds is 10. The highest BCUT2D eigenvalue weighted by molar-refractivity contribution is 5.54. The zero-order chi connectivity index (χ0) is 29.5. The van der Waals surface area contributed by atoms with Crippen LogP contribution in [-0.2, 0) is 5.92 Å². The fraction of sp³-hybridized carbons (Fsp3) is 0.548. The average Bonchev–Trinajstić information content (AvgIpc) is 2.86. The van der Waals surface area contributed by atoms with Crippen molar-refractivity contribution in [2.75, 3.05) is 12.4 Å². The summed E-state index contributed by atoms with van der Waals surface area (Å²) in [7, 11) is 1.75. The first-order valence-electron chi connectivity index (χ1n) is 13.7. The smallest absolute Gasteiger partial charge is 0.273 e. The van der Waals surface area contributed by atoms with Gasteiger partial charge in [-0.1, -0.05) is 91.2 Å². The van der Waals surface area contributed by atoms with E-state index in [0.29, 0.717) is 18.4 Å². The molecular weight excluding hydrogens is 485 g/mol. The molecule has 0 spiro atoms. The van der Waals surface area contributed by atoms with Gasteiger partial charge in [0.25, 0.3) is 5.92 Å². The molecule has 0 fully saturated rings. The number of halogens is 3.